The summed E-state index contributed by atoms with van der Waals surface area (Å²) in [6.45, 7) is 2.87. The van der Waals surface area contributed by atoms with Gasteiger partial charge in [-0.15, -0.1) is 11.3 Å². The SMILES string of the molecule is CCOc1ccc(-n2c(SCC(=O)NN=Cc3ccc(OC)c(OCc4ccccc4)c3)nc3sc4c(c3c2=O)CCCC4)cc1. The Kier molecular flexibility index (Phi) is 10.00. The number of hydrogen-bond donors (Lipinski definition) is 1. The minimum Gasteiger partial charge on any atom is -0.494 e. The average Bonchev–Trinajstić information content (AvgIpc) is 3.46. The zero-order chi connectivity index (χ0) is 31.9. The van der Waals surface area contributed by atoms with E-state index in [9.17, 15) is 9.59 Å². The van der Waals surface area contributed by atoms with Crippen LogP contribution in [0.15, 0.2) is 87.8 Å². The number of benzene rings is 3. The molecule has 0 unspecified atom stereocenters. The smallest absolute Gasteiger partial charge is 0.267 e. The van der Waals surface area contributed by atoms with Gasteiger partial charge in [-0.25, -0.2) is 10.4 Å². The topological polar surface area (TPSA) is 104 Å². The molecule has 6 rings (SSSR count). The van der Waals surface area contributed by atoms with Gasteiger partial charge in [-0.1, -0.05) is 42.1 Å². The van der Waals surface area contributed by atoms with Crippen molar-refractivity contribution >= 4 is 45.4 Å². The van der Waals surface area contributed by atoms with Crippen LogP contribution in [-0.4, -0.2) is 41.1 Å². The number of nitrogens with zero attached hydrogens (tertiary/aromatic N) is 3. The summed E-state index contributed by atoms with van der Waals surface area (Å²) in [7, 11) is 1.59. The van der Waals surface area contributed by atoms with Crippen molar-refractivity contribution in [3.8, 4) is 22.9 Å². The van der Waals surface area contributed by atoms with E-state index in [-0.39, 0.29) is 17.2 Å². The van der Waals surface area contributed by atoms with Crippen LogP contribution in [0.3, 0.4) is 0 Å². The highest BCUT2D eigenvalue weighted by atomic mass is 32.2. The molecule has 0 atom stereocenters. The molecule has 0 spiro atoms. The number of hydrazone groups is 1. The molecule has 0 bridgehead atoms. The molecular formula is C35H34N4O5S2. The summed E-state index contributed by atoms with van der Waals surface area (Å²) in [6.07, 6.45) is 5.59. The minimum absolute atomic E-state index is 0.0193. The van der Waals surface area contributed by atoms with E-state index in [1.807, 2.05) is 73.7 Å². The number of methoxy groups -OCH3 is 1. The quantitative estimate of drug-likeness (QED) is 0.0704. The molecule has 2 heterocycles. The van der Waals surface area contributed by atoms with Crippen molar-refractivity contribution in [2.45, 2.75) is 44.4 Å². The Morgan fingerprint density at radius 2 is 1.85 bits per heavy atom. The molecule has 0 radical (unpaired) electrons. The molecule has 1 N–H and O–H groups in total. The second-order valence-electron chi connectivity index (χ2n) is 10.6. The van der Waals surface area contributed by atoms with Crippen molar-refractivity contribution in [2.75, 3.05) is 19.5 Å². The second kappa shape index (κ2) is 14.7. The molecule has 3 aromatic carbocycles. The third-order valence-corrected chi connectivity index (χ3v) is 9.65. The first kappa shape index (κ1) is 31.4. The van der Waals surface area contributed by atoms with E-state index in [1.54, 1.807) is 35.3 Å². The third-order valence-electron chi connectivity index (χ3n) is 7.52. The maximum atomic E-state index is 14.0. The number of carbonyl (C=O) groups is 1. The van der Waals surface area contributed by atoms with E-state index >= 15 is 0 Å². The molecule has 0 fully saturated rings. The standard InChI is InChI=1S/C35H34N4O5S2/c1-3-43-26-16-14-25(15-17-26)39-34(41)32-27-11-7-8-12-30(27)46-33(32)37-35(39)45-22-31(40)38-36-20-24-13-18-28(42-2)29(19-24)44-21-23-9-5-4-6-10-23/h4-6,9-10,13-20H,3,7-8,11-12,21-22H2,1-2H3,(H,38,40). The van der Waals surface area contributed by atoms with Crippen LogP contribution in [0, 0.1) is 0 Å². The molecule has 1 aliphatic carbocycles. The largest absolute Gasteiger partial charge is 0.494 e. The Morgan fingerprint density at radius 1 is 1.04 bits per heavy atom. The van der Waals surface area contributed by atoms with Crippen LogP contribution in [0.4, 0.5) is 0 Å². The maximum absolute atomic E-state index is 14.0. The first-order valence-corrected chi connectivity index (χ1v) is 16.9. The Hall–Kier alpha value is -4.61. The zero-order valence-electron chi connectivity index (χ0n) is 25.7. The van der Waals surface area contributed by atoms with Gasteiger partial charge in [0.25, 0.3) is 11.5 Å². The molecule has 0 saturated carbocycles. The van der Waals surface area contributed by atoms with Crippen molar-refractivity contribution in [1.29, 1.82) is 0 Å². The van der Waals surface area contributed by atoms with Gasteiger partial charge in [-0.3, -0.25) is 14.2 Å². The van der Waals surface area contributed by atoms with Gasteiger partial charge >= 0.3 is 0 Å². The van der Waals surface area contributed by atoms with Gasteiger partial charge in [0.1, 0.15) is 17.2 Å². The highest BCUT2D eigenvalue weighted by Gasteiger charge is 2.23. The average molecular weight is 655 g/mol. The number of aryl methyl sites for hydroxylation is 2. The summed E-state index contributed by atoms with van der Waals surface area (Å²) >= 11 is 2.79. The molecule has 11 heteroatoms. The van der Waals surface area contributed by atoms with Crippen molar-refractivity contribution in [2.24, 2.45) is 5.10 Å². The van der Waals surface area contributed by atoms with Gasteiger partial charge in [0, 0.05) is 4.88 Å². The van der Waals surface area contributed by atoms with Gasteiger partial charge in [0.2, 0.25) is 0 Å². The Bertz CT molecular complexity index is 1920. The number of aromatic nitrogens is 2. The lowest BCUT2D eigenvalue weighted by Crippen LogP contribution is -2.24. The van der Waals surface area contributed by atoms with Crippen molar-refractivity contribution < 1.29 is 19.0 Å². The molecule has 46 heavy (non-hydrogen) atoms. The molecule has 236 valence electrons. The fraction of sp³-hybridized carbons (Fsp3) is 0.257. The van der Waals surface area contributed by atoms with Crippen molar-refractivity contribution in [3.05, 3.63) is 105 Å². The number of nitrogens with one attached hydrogen (secondary N) is 1. The number of amides is 1. The second-order valence-corrected chi connectivity index (χ2v) is 12.6. The molecule has 9 nitrogen and oxygen atoms in total. The molecule has 2 aromatic heterocycles. The number of carbonyl (C=O) groups excluding carboxylic acids is 1. The molecule has 5 aromatic rings. The lowest BCUT2D eigenvalue weighted by Gasteiger charge is -2.14. The molecular weight excluding hydrogens is 621 g/mol. The van der Waals surface area contributed by atoms with Crippen molar-refractivity contribution in [3.63, 3.8) is 0 Å². The van der Waals surface area contributed by atoms with Crippen LogP contribution in [0.25, 0.3) is 15.9 Å². The Balaban J connectivity index is 1.18. The minimum atomic E-state index is -0.326. The van der Waals surface area contributed by atoms with Gasteiger partial charge < -0.3 is 14.2 Å². The first-order valence-electron chi connectivity index (χ1n) is 15.1. The van der Waals surface area contributed by atoms with E-state index in [1.165, 1.54) is 16.6 Å². The summed E-state index contributed by atoms with van der Waals surface area (Å²) in [5, 5.41) is 5.30. The lowest BCUT2D eigenvalue weighted by molar-refractivity contribution is -0.118. The van der Waals surface area contributed by atoms with Crippen LogP contribution in [-0.2, 0) is 24.2 Å². The molecule has 1 aliphatic rings. The van der Waals surface area contributed by atoms with Gasteiger partial charge in [0.05, 0.1) is 36.8 Å². The fourth-order valence-corrected chi connectivity index (χ4v) is 7.44. The summed E-state index contributed by atoms with van der Waals surface area (Å²) in [6, 6.07) is 22.7. The number of thioether (sulfide) groups is 1. The number of rotatable bonds is 12. The van der Waals surface area contributed by atoms with E-state index in [4.69, 9.17) is 19.2 Å². The maximum Gasteiger partial charge on any atom is 0.267 e. The third kappa shape index (κ3) is 7.11. The molecule has 0 aliphatic heterocycles. The first-order chi connectivity index (χ1) is 22.5. The van der Waals surface area contributed by atoms with E-state index < -0.39 is 0 Å². The highest BCUT2D eigenvalue weighted by Crippen LogP contribution is 2.35. The Labute approximate surface area is 275 Å². The van der Waals surface area contributed by atoms with Crippen LogP contribution < -0.4 is 25.2 Å². The summed E-state index contributed by atoms with van der Waals surface area (Å²) < 4.78 is 18.6. The van der Waals surface area contributed by atoms with Crippen molar-refractivity contribution in [1.82, 2.24) is 15.0 Å². The fourth-order valence-electron chi connectivity index (χ4n) is 5.33. The highest BCUT2D eigenvalue weighted by molar-refractivity contribution is 7.99. The van der Waals surface area contributed by atoms with Crippen LogP contribution in [0.1, 0.15) is 41.3 Å². The molecule has 0 saturated heterocycles. The predicted molar refractivity (Wildman–Crippen MR) is 183 cm³/mol. The summed E-state index contributed by atoms with van der Waals surface area (Å²) in [5.74, 6) is 1.59. The van der Waals surface area contributed by atoms with Crippen LogP contribution in [0.5, 0.6) is 17.2 Å². The van der Waals surface area contributed by atoms with E-state index in [0.717, 1.165) is 53.0 Å². The molecule has 1 amide bonds. The normalized spacial score (nSPS) is 12.7. The van der Waals surface area contributed by atoms with Crippen LogP contribution in [0.2, 0.25) is 0 Å². The summed E-state index contributed by atoms with van der Waals surface area (Å²) in [4.78, 5) is 33.8. The van der Waals surface area contributed by atoms with E-state index in [2.05, 4.69) is 10.5 Å². The van der Waals surface area contributed by atoms with Gasteiger partial charge in [-0.05, 0) is 91.8 Å². The van der Waals surface area contributed by atoms with Gasteiger partial charge in [-0.2, -0.15) is 5.10 Å². The van der Waals surface area contributed by atoms with E-state index in [0.29, 0.717) is 40.9 Å². The Morgan fingerprint density at radius 3 is 2.63 bits per heavy atom. The number of hydrogen-bond acceptors (Lipinski definition) is 9. The predicted octanol–water partition coefficient (Wildman–Crippen LogP) is 6.55. The number of thiophene rings is 1. The zero-order valence-corrected chi connectivity index (χ0v) is 27.3. The van der Waals surface area contributed by atoms with Gasteiger partial charge in [0.15, 0.2) is 16.7 Å². The lowest BCUT2D eigenvalue weighted by atomic mass is 9.97. The summed E-state index contributed by atoms with van der Waals surface area (Å²) in [5.41, 5.74) is 6.04. The number of fused-ring (bicyclic) bond motifs is 3. The number of ether oxygens (including phenoxy) is 3. The monoisotopic (exact) mass is 654 g/mol. The van der Waals surface area contributed by atoms with Crippen LogP contribution >= 0.6 is 23.1 Å².